The molecule has 1 aromatic carbocycles. The lowest BCUT2D eigenvalue weighted by Gasteiger charge is -1.99. The molecule has 0 saturated heterocycles. The summed E-state index contributed by atoms with van der Waals surface area (Å²) >= 11 is 5.79. The van der Waals surface area contributed by atoms with Crippen LogP contribution >= 0.6 is 11.6 Å². The third kappa shape index (κ3) is 2.91. The summed E-state index contributed by atoms with van der Waals surface area (Å²) in [5.74, 6) is 0. The van der Waals surface area contributed by atoms with Crippen molar-refractivity contribution in [3.8, 4) is 0 Å². The van der Waals surface area contributed by atoms with E-state index < -0.39 is 0 Å². The van der Waals surface area contributed by atoms with Gasteiger partial charge in [0, 0.05) is 12.1 Å². The number of hydrogen-bond donors (Lipinski definition) is 1. The minimum Gasteiger partial charge on any atom is -0.315 e. The van der Waals surface area contributed by atoms with Crippen LogP contribution in [0.15, 0.2) is 24.3 Å². The zero-order valence-electron chi connectivity index (χ0n) is 6.31. The molecule has 0 unspecified atom stereocenters. The number of hydrogen-bond acceptors (Lipinski definition) is 1. The summed E-state index contributed by atoms with van der Waals surface area (Å²) in [6.45, 7) is 0.889. The molecule has 0 heterocycles. The van der Waals surface area contributed by atoms with Crippen molar-refractivity contribution in [1.82, 2.24) is 5.32 Å². The summed E-state index contributed by atoms with van der Waals surface area (Å²) in [5, 5.41) is 3.64. The van der Waals surface area contributed by atoms with E-state index in [0.717, 1.165) is 18.0 Å². The highest BCUT2D eigenvalue weighted by molar-refractivity contribution is 6.30. The molecule has 0 aliphatic carbocycles. The first-order valence-corrected chi connectivity index (χ1v) is 3.95. The summed E-state index contributed by atoms with van der Waals surface area (Å²) in [4.78, 5) is 0. The average molecular weight is 169 g/mol. The van der Waals surface area contributed by atoms with Crippen molar-refractivity contribution in [2.45, 2.75) is 6.42 Å². The van der Waals surface area contributed by atoms with Crippen LogP contribution in [0.25, 0.3) is 0 Å². The molecule has 0 atom stereocenters. The molecule has 0 fully saturated rings. The van der Waals surface area contributed by atoms with Crippen LogP contribution < -0.4 is 5.32 Å². The quantitative estimate of drug-likeness (QED) is 0.730. The first kappa shape index (κ1) is 8.57. The second-order valence-corrected chi connectivity index (χ2v) is 2.82. The molecule has 0 aromatic heterocycles. The summed E-state index contributed by atoms with van der Waals surface area (Å²) in [6, 6.07) is 7.87. The maximum Gasteiger partial charge on any atom is 0.0408 e. The second-order valence-electron chi connectivity index (χ2n) is 2.38. The highest BCUT2D eigenvalue weighted by Crippen LogP contribution is 2.10. The maximum atomic E-state index is 5.79. The van der Waals surface area contributed by atoms with E-state index in [4.69, 9.17) is 11.6 Å². The molecule has 0 bridgehead atoms. The predicted molar refractivity (Wildman–Crippen MR) is 48.5 cm³/mol. The summed E-state index contributed by atoms with van der Waals surface area (Å²) in [5.41, 5.74) is 1.24. The Morgan fingerprint density at radius 1 is 1.45 bits per heavy atom. The van der Waals surface area contributed by atoms with Crippen LogP contribution in [0.5, 0.6) is 0 Å². The fraction of sp³-hybridized carbons (Fsp3) is 0.222. The van der Waals surface area contributed by atoms with Crippen molar-refractivity contribution in [3.63, 3.8) is 0 Å². The van der Waals surface area contributed by atoms with E-state index in [9.17, 15) is 0 Å². The predicted octanol–water partition coefficient (Wildman–Crippen LogP) is 2.26. The van der Waals surface area contributed by atoms with Gasteiger partial charge in [0.25, 0.3) is 0 Å². The van der Waals surface area contributed by atoms with Gasteiger partial charge in [0.05, 0.1) is 0 Å². The molecule has 1 N–H and O–H groups in total. The monoisotopic (exact) mass is 168 g/mol. The Morgan fingerprint density at radius 3 is 2.91 bits per heavy atom. The molecule has 0 spiro atoms. The van der Waals surface area contributed by atoms with Crippen LogP contribution in [-0.4, -0.2) is 6.54 Å². The van der Waals surface area contributed by atoms with E-state index in [1.165, 1.54) is 5.56 Å². The summed E-state index contributed by atoms with van der Waals surface area (Å²) < 4.78 is 0. The van der Waals surface area contributed by atoms with Crippen LogP contribution in [0.2, 0.25) is 5.02 Å². The largest absolute Gasteiger partial charge is 0.315 e. The van der Waals surface area contributed by atoms with E-state index in [0.29, 0.717) is 0 Å². The van der Waals surface area contributed by atoms with Crippen LogP contribution in [-0.2, 0) is 6.42 Å². The normalized spacial score (nSPS) is 10.0. The minimum absolute atomic E-state index is 0.798. The van der Waals surface area contributed by atoms with Crippen molar-refractivity contribution in [2.75, 3.05) is 6.54 Å². The Bertz CT molecular complexity index is 223. The smallest absolute Gasteiger partial charge is 0.0408 e. The van der Waals surface area contributed by atoms with Gasteiger partial charge in [-0.15, -0.1) is 0 Å². The lowest BCUT2D eigenvalue weighted by molar-refractivity contribution is 0.829. The second kappa shape index (κ2) is 4.37. The summed E-state index contributed by atoms with van der Waals surface area (Å²) in [7, 11) is 3.54. The van der Waals surface area contributed by atoms with E-state index in [1.807, 2.05) is 18.2 Å². The molecule has 0 aliphatic rings. The van der Waals surface area contributed by atoms with E-state index in [-0.39, 0.29) is 0 Å². The molecule has 1 aromatic rings. The molecule has 11 heavy (non-hydrogen) atoms. The third-order valence-corrected chi connectivity index (χ3v) is 1.71. The number of halogens is 1. The van der Waals surface area contributed by atoms with Crippen molar-refractivity contribution >= 4 is 11.6 Å². The summed E-state index contributed by atoms with van der Waals surface area (Å²) in [6.07, 6.45) is 0.976. The fourth-order valence-corrected chi connectivity index (χ4v) is 1.14. The van der Waals surface area contributed by atoms with Crippen LogP contribution in [0.3, 0.4) is 0 Å². The van der Waals surface area contributed by atoms with Crippen LogP contribution in [0.4, 0.5) is 0 Å². The highest BCUT2D eigenvalue weighted by Gasteiger charge is 1.91. The molecule has 1 rings (SSSR count). The van der Waals surface area contributed by atoms with Gasteiger partial charge in [-0.25, -0.2) is 0 Å². The molecule has 0 amide bonds. The van der Waals surface area contributed by atoms with Crippen molar-refractivity contribution < 1.29 is 0 Å². The lowest BCUT2D eigenvalue weighted by atomic mass is 10.1. The van der Waals surface area contributed by atoms with Gasteiger partial charge in [-0.05, 0) is 30.7 Å². The Balaban J connectivity index is 2.56. The number of benzene rings is 1. The van der Waals surface area contributed by atoms with Gasteiger partial charge in [0.1, 0.15) is 0 Å². The molecule has 1 radical (unpaired) electrons. The first-order valence-electron chi connectivity index (χ1n) is 3.57. The van der Waals surface area contributed by atoms with Crippen molar-refractivity contribution in [3.05, 3.63) is 41.9 Å². The molecule has 0 aliphatic heterocycles. The first-order chi connectivity index (χ1) is 5.33. The van der Waals surface area contributed by atoms with Gasteiger partial charge in [-0.3, -0.25) is 0 Å². The maximum absolute atomic E-state index is 5.79. The van der Waals surface area contributed by atoms with Crippen LogP contribution in [0.1, 0.15) is 5.56 Å². The van der Waals surface area contributed by atoms with Crippen molar-refractivity contribution in [1.29, 1.82) is 0 Å². The Kier molecular flexibility index (Phi) is 3.40. The zero-order chi connectivity index (χ0) is 8.10. The average Bonchev–Trinajstić information content (AvgIpc) is 2.01. The minimum atomic E-state index is 0.798. The third-order valence-electron chi connectivity index (χ3n) is 1.48. The lowest BCUT2D eigenvalue weighted by Crippen LogP contribution is -2.07. The molecular formula is C9H11ClN. The van der Waals surface area contributed by atoms with E-state index >= 15 is 0 Å². The highest BCUT2D eigenvalue weighted by atomic mass is 35.5. The van der Waals surface area contributed by atoms with E-state index in [1.54, 1.807) is 0 Å². The van der Waals surface area contributed by atoms with Gasteiger partial charge in [0.15, 0.2) is 0 Å². The fourth-order valence-electron chi connectivity index (χ4n) is 0.925. The Hall–Kier alpha value is -0.530. The zero-order valence-corrected chi connectivity index (χ0v) is 7.06. The molecule has 59 valence electrons. The molecule has 0 saturated carbocycles. The molecule has 1 nitrogen and oxygen atoms in total. The Morgan fingerprint density at radius 2 is 2.27 bits per heavy atom. The van der Waals surface area contributed by atoms with Gasteiger partial charge in [-0.2, -0.15) is 0 Å². The number of rotatable bonds is 3. The Labute approximate surface area is 72.4 Å². The molecular weight excluding hydrogens is 158 g/mol. The number of nitrogens with one attached hydrogen (secondary N) is 1. The van der Waals surface area contributed by atoms with Gasteiger partial charge >= 0.3 is 0 Å². The van der Waals surface area contributed by atoms with Crippen LogP contribution in [0, 0.1) is 7.05 Å². The van der Waals surface area contributed by atoms with Gasteiger partial charge in [-0.1, -0.05) is 23.7 Å². The standard InChI is InChI=1S/C9H11ClN/c1-11-6-5-8-3-2-4-9(10)7-8/h2-4,7,11H,1,5-6H2. The van der Waals surface area contributed by atoms with E-state index in [2.05, 4.69) is 18.4 Å². The SMILES string of the molecule is [CH2]NCCc1cccc(Cl)c1. The topological polar surface area (TPSA) is 12.0 Å². The van der Waals surface area contributed by atoms with Crippen molar-refractivity contribution in [2.24, 2.45) is 0 Å². The molecule has 2 heteroatoms. The van der Waals surface area contributed by atoms with Gasteiger partial charge < -0.3 is 5.32 Å². The van der Waals surface area contributed by atoms with Gasteiger partial charge in [0.2, 0.25) is 0 Å².